The molecule has 0 bridgehead atoms. The van der Waals surface area contributed by atoms with E-state index in [9.17, 15) is 4.79 Å². The smallest absolute Gasteiger partial charge is 0.253 e. The fourth-order valence-electron chi connectivity index (χ4n) is 3.35. The topological polar surface area (TPSA) is 52.8 Å². The molecule has 0 aromatic heterocycles. The maximum absolute atomic E-state index is 12.7. The molecule has 2 N–H and O–H groups in total. The first-order valence-electron chi connectivity index (χ1n) is 8.66. The van der Waals surface area contributed by atoms with Gasteiger partial charge in [-0.2, -0.15) is 0 Å². The van der Waals surface area contributed by atoms with Crippen LogP contribution in [-0.4, -0.2) is 73.0 Å². The van der Waals surface area contributed by atoms with Gasteiger partial charge in [0.2, 0.25) is 0 Å². The molecule has 2 aliphatic rings. The monoisotopic (exact) mass is 388 g/mol. The van der Waals surface area contributed by atoms with Gasteiger partial charge in [-0.05, 0) is 37.6 Å². The molecule has 0 atom stereocenters. The van der Waals surface area contributed by atoms with Crippen molar-refractivity contribution >= 4 is 30.7 Å². The molecule has 0 saturated carbocycles. The lowest BCUT2D eigenvalue weighted by molar-refractivity contribution is 0.0714. The fourth-order valence-corrected chi connectivity index (χ4v) is 3.35. The van der Waals surface area contributed by atoms with E-state index in [2.05, 4.69) is 29.0 Å². The maximum Gasteiger partial charge on any atom is 0.253 e. The van der Waals surface area contributed by atoms with Gasteiger partial charge in [0.1, 0.15) is 0 Å². The van der Waals surface area contributed by atoms with Gasteiger partial charge < -0.3 is 15.5 Å². The highest BCUT2D eigenvalue weighted by Crippen LogP contribution is 2.15. The van der Waals surface area contributed by atoms with Gasteiger partial charge in [0, 0.05) is 57.4 Å². The Kier molecular flexibility index (Phi) is 9.17. The summed E-state index contributed by atoms with van der Waals surface area (Å²) >= 11 is 0. The Hall–Kier alpha value is -0.850. The summed E-state index contributed by atoms with van der Waals surface area (Å²) in [6.45, 7) is 6.92. The normalized spacial score (nSPS) is 19.8. The average Bonchev–Trinajstić information content (AvgIpc) is 2.57. The third kappa shape index (κ3) is 6.12. The number of nitrogens with two attached hydrogens (primary N) is 1. The second-order valence-corrected chi connectivity index (χ2v) is 6.91. The number of likely N-dealkylation sites (tertiary alicyclic amines) is 1. The predicted molar refractivity (Wildman–Crippen MR) is 107 cm³/mol. The number of piperazine rings is 1. The van der Waals surface area contributed by atoms with E-state index < -0.39 is 0 Å². The van der Waals surface area contributed by atoms with Crippen molar-refractivity contribution in [1.82, 2.24) is 14.7 Å². The van der Waals surface area contributed by atoms with Gasteiger partial charge in [-0.25, -0.2) is 0 Å². The van der Waals surface area contributed by atoms with Crippen LogP contribution in [0, 0.1) is 0 Å². The summed E-state index contributed by atoms with van der Waals surface area (Å²) in [7, 11) is 2.17. The van der Waals surface area contributed by atoms with E-state index >= 15 is 0 Å². The lowest BCUT2D eigenvalue weighted by Crippen LogP contribution is -2.44. The van der Waals surface area contributed by atoms with Crippen LogP contribution in [0.5, 0.6) is 0 Å². The molecule has 0 spiro atoms. The van der Waals surface area contributed by atoms with Gasteiger partial charge in [0.25, 0.3) is 5.91 Å². The zero-order chi connectivity index (χ0) is 16.2. The Bertz CT molecular complexity index is 542. The van der Waals surface area contributed by atoms with Crippen LogP contribution in [0.1, 0.15) is 28.8 Å². The van der Waals surface area contributed by atoms with Crippen LogP contribution in [0.15, 0.2) is 24.3 Å². The minimum atomic E-state index is 0. The van der Waals surface area contributed by atoms with Gasteiger partial charge in [-0.1, -0.05) is 12.1 Å². The second-order valence-electron chi connectivity index (χ2n) is 6.91. The van der Waals surface area contributed by atoms with Crippen LogP contribution >= 0.6 is 24.8 Å². The molecule has 2 saturated heterocycles. The van der Waals surface area contributed by atoms with E-state index in [-0.39, 0.29) is 36.8 Å². The van der Waals surface area contributed by atoms with E-state index in [4.69, 9.17) is 5.73 Å². The summed E-state index contributed by atoms with van der Waals surface area (Å²) in [6, 6.07) is 8.39. The molecule has 2 heterocycles. The summed E-state index contributed by atoms with van der Waals surface area (Å²) in [5.41, 5.74) is 7.97. The zero-order valence-electron chi connectivity index (χ0n) is 14.9. The van der Waals surface area contributed by atoms with Crippen molar-refractivity contribution in [3.05, 3.63) is 35.4 Å². The number of hydrogen-bond acceptors (Lipinski definition) is 4. The highest BCUT2D eigenvalue weighted by Gasteiger charge is 2.22. The number of piperidine rings is 1. The molecule has 2 fully saturated rings. The Morgan fingerprint density at radius 3 is 2.36 bits per heavy atom. The molecule has 3 rings (SSSR count). The van der Waals surface area contributed by atoms with E-state index in [1.807, 2.05) is 17.0 Å². The first-order chi connectivity index (χ1) is 11.1. The average molecular weight is 389 g/mol. The summed E-state index contributed by atoms with van der Waals surface area (Å²) in [4.78, 5) is 19.4. The molecular formula is C18H30Cl2N4O. The molecule has 2 aliphatic heterocycles. The molecule has 25 heavy (non-hydrogen) atoms. The summed E-state index contributed by atoms with van der Waals surface area (Å²) in [6.07, 6.45) is 1.82. The molecule has 0 unspecified atom stereocenters. The number of amides is 1. The minimum absolute atomic E-state index is 0. The number of carbonyl (C=O) groups is 1. The SMILES string of the molecule is CN1CCN(Cc2cccc(C(=O)N3CCC(N)CC3)c2)CC1.Cl.Cl. The van der Waals surface area contributed by atoms with Gasteiger partial charge in [0.15, 0.2) is 0 Å². The van der Waals surface area contributed by atoms with Gasteiger partial charge in [-0.3, -0.25) is 9.69 Å². The van der Waals surface area contributed by atoms with Crippen LogP contribution in [0.2, 0.25) is 0 Å². The molecule has 5 nitrogen and oxygen atoms in total. The van der Waals surface area contributed by atoms with Gasteiger partial charge in [0.05, 0.1) is 0 Å². The van der Waals surface area contributed by atoms with E-state index in [0.717, 1.165) is 64.2 Å². The second kappa shape index (κ2) is 10.3. The highest BCUT2D eigenvalue weighted by atomic mass is 35.5. The molecule has 0 radical (unpaired) electrons. The number of likely N-dealkylation sites (N-methyl/N-ethyl adjacent to an activating group) is 1. The number of rotatable bonds is 3. The van der Waals surface area contributed by atoms with Crippen molar-refractivity contribution in [1.29, 1.82) is 0 Å². The summed E-state index contributed by atoms with van der Waals surface area (Å²) in [5.74, 6) is 0.150. The van der Waals surface area contributed by atoms with Gasteiger partial charge >= 0.3 is 0 Å². The Morgan fingerprint density at radius 1 is 1.08 bits per heavy atom. The lowest BCUT2D eigenvalue weighted by Gasteiger charge is -2.32. The number of benzene rings is 1. The quantitative estimate of drug-likeness (QED) is 0.857. The molecule has 1 aromatic rings. The molecule has 1 amide bonds. The molecule has 1 aromatic carbocycles. The summed E-state index contributed by atoms with van der Waals surface area (Å²) in [5, 5.41) is 0. The molecule has 7 heteroatoms. The minimum Gasteiger partial charge on any atom is -0.339 e. The van der Waals surface area contributed by atoms with Crippen molar-refractivity contribution in [3.8, 4) is 0 Å². The third-order valence-corrected chi connectivity index (χ3v) is 5.00. The third-order valence-electron chi connectivity index (χ3n) is 5.00. The predicted octanol–water partition coefficient (Wildman–Crippen LogP) is 1.84. The van der Waals surface area contributed by atoms with E-state index in [1.165, 1.54) is 5.56 Å². The zero-order valence-corrected chi connectivity index (χ0v) is 16.5. The van der Waals surface area contributed by atoms with Crippen LogP contribution in [0.4, 0.5) is 0 Å². The van der Waals surface area contributed by atoms with Crippen molar-refractivity contribution in [2.75, 3.05) is 46.3 Å². The van der Waals surface area contributed by atoms with Crippen LogP contribution in [-0.2, 0) is 6.54 Å². The summed E-state index contributed by atoms with van der Waals surface area (Å²) < 4.78 is 0. The molecular weight excluding hydrogens is 359 g/mol. The highest BCUT2D eigenvalue weighted by molar-refractivity contribution is 5.94. The largest absolute Gasteiger partial charge is 0.339 e. The fraction of sp³-hybridized carbons (Fsp3) is 0.611. The van der Waals surface area contributed by atoms with Crippen molar-refractivity contribution in [2.45, 2.75) is 25.4 Å². The van der Waals surface area contributed by atoms with Crippen LogP contribution in [0.3, 0.4) is 0 Å². The van der Waals surface area contributed by atoms with Crippen LogP contribution < -0.4 is 5.73 Å². The number of nitrogens with zero attached hydrogens (tertiary/aromatic N) is 3. The first kappa shape index (κ1) is 22.2. The van der Waals surface area contributed by atoms with Crippen molar-refractivity contribution in [2.24, 2.45) is 5.73 Å². The number of halogens is 2. The van der Waals surface area contributed by atoms with E-state index in [1.54, 1.807) is 0 Å². The first-order valence-corrected chi connectivity index (χ1v) is 8.66. The molecule has 142 valence electrons. The standard InChI is InChI=1S/C18H28N4O.2ClH/c1-20-9-11-21(12-10-20)14-15-3-2-4-16(13-15)18(23)22-7-5-17(19)6-8-22;;/h2-4,13,17H,5-12,14,19H2,1H3;2*1H. The van der Waals surface area contributed by atoms with Crippen molar-refractivity contribution < 1.29 is 4.79 Å². The molecule has 0 aliphatic carbocycles. The number of carbonyl (C=O) groups excluding carboxylic acids is 1. The van der Waals surface area contributed by atoms with Crippen LogP contribution in [0.25, 0.3) is 0 Å². The van der Waals surface area contributed by atoms with Crippen molar-refractivity contribution in [3.63, 3.8) is 0 Å². The Morgan fingerprint density at radius 2 is 1.72 bits per heavy atom. The van der Waals surface area contributed by atoms with E-state index in [0.29, 0.717) is 0 Å². The number of hydrogen-bond donors (Lipinski definition) is 1. The Labute approximate surface area is 163 Å². The Balaban J connectivity index is 0.00000156. The van der Waals surface area contributed by atoms with Gasteiger partial charge in [-0.15, -0.1) is 24.8 Å². The maximum atomic E-state index is 12.7. The lowest BCUT2D eigenvalue weighted by atomic mass is 10.0.